The first-order valence-electron chi connectivity index (χ1n) is 5.52. The number of hydrogen-bond donors (Lipinski definition) is 0. The highest BCUT2D eigenvalue weighted by atomic mass is 16.2. The van der Waals surface area contributed by atoms with Gasteiger partial charge in [-0.25, -0.2) is 0 Å². The lowest BCUT2D eigenvalue weighted by Crippen LogP contribution is -2.30. The van der Waals surface area contributed by atoms with Gasteiger partial charge in [-0.3, -0.25) is 4.79 Å². The molecule has 0 unspecified atom stereocenters. The summed E-state index contributed by atoms with van der Waals surface area (Å²) in [6.07, 6.45) is 2.15. The number of nitrogens with zero attached hydrogens (tertiary/aromatic N) is 1. The van der Waals surface area contributed by atoms with Crippen molar-refractivity contribution in [1.29, 1.82) is 0 Å². The third kappa shape index (κ3) is 2.20. The molecule has 0 radical (unpaired) electrons. The van der Waals surface area contributed by atoms with Gasteiger partial charge in [0, 0.05) is 13.0 Å². The van der Waals surface area contributed by atoms with Crippen LogP contribution in [0.3, 0.4) is 0 Å². The average molecular weight is 203 g/mol. The van der Waals surface area contributed by atoms with E-state index in [4.69, 9.17) is 0 Å². The van der Waals surface area contributed by atoms with Crippen molar-refractivity contribution in [2.24, 2.45) is 5.92 Å². The summed E-state index contributed by atoms with van der Waals surface area (Å²) in [5, 5.41) is 0. The molecular weight excluding hydrogens is 186 g/mol. The second kappa shape index (κ2) is 4.05. The molecule has 2 nitrogen and oxygen atoms in total. The fourth-order valence-corrected chi connectivity index (χ4v) is 1.76. The van der Waals surface area contributed by atoms with Gasteiger partial charge in [-0.2, -0.15) is 0 Å². The average Bonchev–Trinajstić information content (AvgIpc) is 3.11. The molecule has 2 heteroatoms. The van der Waals surface area contributed by atoms with Gasteiger partial charge < -0.3 is 4.90 Å². The van der Waals surface area contributed by atoms with E-state index in [-0.39, 0.29) is 6.04 Å². The highest BCUT2D eigenvalue weighted by molar-refractivity contribution is 5.81. The van der Waals surface area contributed by atoms with Crippen LogP contribution in [0.15, 0.2) is 30.3 Å². The quantitative estimate of drug-likeness (QED) is 0.739. The molecule has 2 rings (SSSR count). The van der Waals surface area contributed by atoms with E-state index in [1.807, 2.05) is 30.1 Å². The number of carbonyl (C=O) groups excluding carboxylic acids is 1. The Hall–Kier alpha value is -1.31. The minimum atomic E-state index is 0.180. The summed E-state index contributed by atoms with van der Waals surface area (Å²) in [4.78, 5) is 13.7. The van der Waals surface area contributed by atoms with Gasteiger partial charge in [-0.15, -0.1) is 0 Å². The van der Waals surface area contributed by atoms with Crippen molar-refractivity contribution in [1.82, 2.24) is 4.90 Å². The van der Waals surface area contributed by atoms with Crippen LogP contribution in [0.5, 0.6) is 0 Å². The number of amides is 1. The normalized spacial score (nSPS) is 17.2. The second-order valence-corrected chi connectivity index (χ2v) is 4.31. The molecule has 0 saturated heterocycles. The van der Waals surface area contributed by atoms with E-state index >= 15 is 0 Å². The monoisotopic (exact) mass is 203 g/mol. The molecule has 1 atom stereocenters. The fraction of sp³-hybridized carbons (Fsp3) is 0.462. The van der Waals surface area contributed by atoms with Gasteiger partial charge in [-0.1, -0.05) is 30.3 Å². The minimum Gasteiger partial charge on any atom is -0.339 e. The summed E-state index contributed by atoms with van der Waals surface area (Å²) >= 11 is 0. The third-order valence-electron chi connectivity index (χ3n) is 3.14. The predicted octanol–water partition coefficient (Wildman–Crippen LogP) is 2.62. The van der Waals surface area contributed by atoms with Gasteiger partial charge in [-0.05, 0) is 25.3 Å². The van der Waals surface area contributed by atoms with Gasteiger partial charge in [0.05, 0.1) is 6.04 Å². The Balaban J connectivity index is 2.06. The van der Waals surface area contributed by atoms with Crippen LogP contribution in [-0.2, 0) is 4.79 Å². The van der Waals surface area contributed by atoms with Gasteiger partial charge in [0.1, 0.15) is 0 Å². The summed E-state index contributed by atoms with van der Waals surface area (Å²) < 4.78 is 0. The molecule has 1 amide bonds. The molecule has 1 fully saturated rings. The van der Waals surface area contributed by atoms with Crippen molar-refractivity contribution in [2.75, 3.05) is 7.05 Å². The van der Waals surface area contributed by atoms with Crippen molar-refractivity contribution in [3.05, 3.63) is 35.9 Å². The molecule has 0 heterocycles. The first-order chi connectivity index (χ1) is 7.20. The zero-order valence-electron chi connectivity index (χ0n) is 9.31. The minimum absolute atomic E-state index is 0.180. The molecule has 1 aliphatic carbocycles. The molecule has 0 spiro atoms. The maximum absolute atomic E-state index is 11.8. The highest BCUT2D eigenvalue weighted by Crippen LogP contribution is 2.33. The molecule has 0 bridgehead atoms. The lowest BCUT2D eigenvalue weighted by molar-refractivity contribution is -0.133. The number of hydrogen-bond acceptors (Lipinski definition) is 1. The van der Waals surface area contributed by atoms with E-state index < -0.39 is 0 Å². The fourth-order valence-electron chi connectivity index (χ4n) is 1.76. The van der Waals surface area contributed by atoms with E-state index in [2.05, 4.69) is 19.1 Å². The predicted molar refractivity (Wildman–Crippen MR) is 60.4 cm³/mol. The SMILES string of the molecule is C[C@H](c1ccccc1)N(C)C(=O)C1CC1. The van der Waals surface area contributed by atoms with Crippen molar-refractivity contribution >= 4 is 5.91 Å². The van der Waals surface area contributed by atoms with Crippen LogP contribution in [0.1, 0.15) is 31.4 Å². The molecule has 0 aromatic heterocycles. The molecule has 0 aliphatic heterocycles. The van der Waals surface area contributed by atoms with Crippen molar-refractivity contribution < 1.29 is 4.79 Å². The molecule has 80 valence electrons. The Morgan fingerprint density at radius 2 is 1.93 bits per heavy atom. The standard InChI is InChI=1S/C13H17NO/c1-10(11-6-4-3-5-7-11)14(2)13(15)12-8-9-12/h3-7,10,12H,8-9H2,1-2H3/t10-/m1/s1. The van der Waals surface area contributed by atoms with E-state index in [0.29, 0.717) is 11.8 Å². The van der Waals surface area contributed by atoms with Crippen molar-refractivity contribution in [3.63, 3.8) is 0 Å². The maximum Gasteiger partial charge on any atom is 0.225 e. The van der Waals surface area contributed by atoms with Crippen LogP contribution >= 0.6 is 0 Å². The highest BCUT2D eigenvalue weighted by Gasteiger charge is 2.33. The van der Waals surface area contributed by atoms with E-state index in [1.165, 1.54) is 5.56 Å². The molecule has 1 aromatic rings. The van der Waals surface area contributed by atoms with Gasteiger partial charge in [0.25, 0.3) is 0 Å². The maximum atomic E-state index is 11.8. The summed E-state index contributed by atoms with van der Waals surface area (Å²) in [6.45, 7) is 2.08. The number of carbonyl (C=O) groups is 1. The van der Waals surface area contributed by atoms with Gasteiger partial charge in [0.15, 0.2) is 0 Å². The summed E-state index contributed by atoms with van der Waals surface area (Å²) in [5.74, 6) is 0.604. The van der Waals surface area contributed by atoms with Crippen molar-refractivity contribution in [2.45, 2.75) is 25.8 Å². The first kappa shape index (κ1) is 10.2. The van der Waals surface area contributed by atoms with E-state index in [0.717, 1.165) is 12.8 Å². The first-order valence-corrected chi connectivity index (χ1v) is 5.52. The topological polar surface area (TPSA) is 20.3 Å². The van der Waals surface area contributed by atoms with Crippen LogP contribution in [-0.4, -0.2) is 17.9 Å². The smallest absolute Gasteiger partial charge is 0.225 e. The van der Waals surface area contributed by atoms with Gasteiger partial charge in [0.2, 0.25) is 5.91 Å². The Morgan fingerprint density at radius 1 is 1.33 bits per heavy atom. The largest absolute Gasteiger partial charge is 0.339 e. The van der Waals surface area contributed by atoms with Gasteiger partial charge >= 0.3 is 0 Å². The van der Waals surface area contributed by atoms with Crippen molar-refractivity contribution in [3.8, 4) is 0 Å². The summed E-state index contributed by atoms with van der Waals surface area (Å²) in [5.41, 5.74) is 1.20. The number of benzene rings is 1. The summed E-state index contributed by atoms with van der Waals surface area (Å²) in [7, 11) is 1.90. The Labute approximate surface area is 90.9 Å². The van der Waals surface area contributed by atoms with Crippen LogP contribution in [0, 0.1) is 5.92 Å². The zero-order chi connectivity index (χ0) is 10.8. The molecule has 0 N–H and O–H groups in total. The number of rotatable bonds is 3. The Kier molecular flexibility index (Phi) is 2.76. The van der Waals surface area contributed by atoms with Crippen LogP contribution in [0.4, 0.5) is 0 Å². The third-order valence-corrected chi connectivity index (χ3v) is 3.14. The lowest BCUT2D eigenvalue weighted by atomic mass is 10.1. The summed E-state index contributed by atoms with van der Waals surface area (Å²) in [6, 6.07) is 10.4. The molecule has 15 heavy (non-hydrogen) atoms. The zero-order valence-corrected chi connectivity index (χ0v) is 9.31. The lowest BCUT2D eigenvalue weighted by Gasteiger charge is -2.25. The Morgan fingerprint density at radius 3 is 2.47 bits per heavy atom. The van der Waals surface area contributed by atoms with Crippen LogP contribution < -0.4 is 0 Å². The van der Waals surface area contributed by atoms with E-state index in [1.54, 1.807) is 0 Å². The van der Waals surface area contributed by atoms with Crippen LogP contribution in [0.2, 0.25) is 0 Å². The van der Waals surface area contributed by atoms with E-state index in [9.17, 15) is 4.79 Å². The second-order valence-electron chi connectivity index (χ2n) is 4.31. The van der Waals surface area contributed by atoms with Crippen LogP contribution in [0.25, 0.3) is 0 Å². The molecular formula is C13H17NO. The Bertz CT molecular complexity index is 343. The molecule has 1 aromatic carbocycles. The molecule has 1 aliphatic rings. The molecule has 1 saturated carbocycles.